The van der Waals surface area contributed by atoms with Gasteiger partial charge in [-0.15, -0.1) is 0 Å². The molecular formula is C14H21N3O2. The quantitative estimate of drug-likeness (QED) is 0.657. The molecule has 4 N–H and O–H groups in total. The Labute approximate surface area is 113 Å². The maximum atomic E-state index is 11.7. The van der Waals surface area contributed by atoms with Crippen LogP contribution in [0.4, 0.5) is 0 Å². The molecule has 1 aromatic carbocycles. The van der Waals surface area contributed by atoms with Crippen molar-refractivity contribution in [1.29, 1.82) is 0 Å². The molecule has 0 aromatic heterocycles. The van der Waals surface area contributed by atoms with E-state index in [0.29, 0.717) is 19.5 Å². The summed E-state index contributed by atoms with van der Waals surface area (Å²) in [7, 11) is 0. The van der Waals surface area contributed by atoms with Crippen molar-refractivity contribution in [3.05, 3.63) is 35.9 Å². The molecule has 0 spiro atoms. The van der Waals surface area contributed by atoms with Crippen LogP contribution in [-0.4, -0.2) is 30.9 Å². The van der Waals surface area contributed by atoms with Gasteiger partial charge in [-0.25, -0.2) is 0 Å². The molecule has 0 saturated carbocycles. The fraction of sp³-hybridized carbons (Fsp3) is 0.429. The Bertz CT molecular complexity index is 406. The Morgan fingerprint density at radius 1 is 1.21 bits per heavy atom. The highest BCUT2D eigenvalue weighted by Crippen LogP contribution is 2.01. The SMILES string of the molecule is CCNC(=O)CCNC(=O)[C@H](N)Cc1ccccc1. The zero-order valence-electron chi connectivity index (χ0n) is 11.2. The molecule has 1 atom stereocenters. The molecule has 0 fully saturated rings. The van der Waals surface area contributed by atoms with Gasteiger partial charge in [-0.05, 0) is 18.9 Å². The minimum Gasteiger partial charge on any atom is -0.356 e. The molecule has 5 nitrogen and oxygen atoms in total. The van der Waals surface area contributed by atoms with Crippen LogP contribution in [0.15, 0.2) is 30.3 Å². The highest BCUT2D eigenvalue weighted by molar-refractivity contribution is 5.82. The van der Waals surface area contributed by atoms with Crippen LogP contribution in [0.3, 0.4) is 0 Å². The van der Waals surface area contributed by atoms with Gasteiger partial charge in [0.2, 0.25) is 11.8 Å². The average molecular weight is 263 g/mol. The maximum absolute atomic E-state index is 11.7. The van der Waals surface area contributed by atoms with Crippen LogP contribution in [0, 0.1) is 0 Å². The lowest BCUT2D eigenvalue weighted by atomic mass is 10.1. The fourth-order valence-corrected chi connectivity index (χ4v) is 1.68. The molecule has 0 aliphatic carbocycles. The monoisotopic (exact) mass is 263 g/mol. The molecule has 0 bridgehead atoms. The summed E-state index contributed by atoms with van der Waals surface area (Å²) < 4.78 is 0. The van der Waals surface area contributed by atoms with Gasteiger partial charge in [0.1, 0.15) is 0 Å². The van der Waals surface area contributed by atoms with Gasteiger partial charge in [-0.1, -0.05) is 30.3 Å². The summed E-state index contributed by atoms with van der Waals surface area (Å²) in [5.74, 6) is -0.299. The van der Waals surface area contributed by atoms with Crippen LogP contribution in [0.5, 0.6) is 0 Å². The summed E-state index contributed by atoms with van der Waals surface area (Å²) in [6, 6.07) is 9.02. The Morgan fingerprint density at radius 3 is 2.53 bits per heavy atom. The Morgan fingerprint density at radius 2 is 1.89 bits per heavy atom. The second-order valence-electron chi connectivity index (χ2n) is 4.29. The van der Waals surface area contributed by atoms with E-state index in [-0.39, 0.29) is 18.2 Å². The van der Waals surface area contributed by atoms with E-state index in [4.69, 9.17) is 5.73 Å². The third-order valence-corrected chi connectivity index (χ3v) is 2.66. The minimum absolute atomic E-state index is 0.0700. The number of amides is 2. The van der Waals surface area contributed by atoms with Gasteiger partial charge in [0.05, 0.1) is 6.04 Å². The van der Waals surface area contributed by atoms with Gasteiger partial charge in [0.25, 0.3) is 0 Å². The summed E-state index contributed by atoms with van der Waals surface area (Å²) in [6.45, 7) is 2.76. The summed E-state index contributed by atoms with van der Waals surface area (Å²) >= 11 is 0. The second-order valence-corrected chi connectivity index (χ2v) is 4.29. The first-order valence-electron chi connectivity index (χ1n) is 6.47. The first-order valence-corrected chi connectivity index (χ1v) is 6.47. The van der Waals surface area contributed by atoms with Crippen LogP contribution in [0.2, 0.25) is 0 Å². The van der Waals surface area contributed by atoms with E-state index in [1.807, 2.05) is 37.3 Å². The number of hydrogen-bond acceptors (Lipinski definition) is 3. The first kappa shape index (κ1) is 15.2. The number of benzene rings is 1. The average Bonchev–Trinajstić information content (AvgIpc) is 2.40. The van der Waals surface area contributed by atoms with Gasteiger partial charge in [-0.3, -0.25) is 9.59 Å². The van der Waals surface area contributed by atoms with Gasteiger partial charge < -0.3 is 16.4 Å². The van der Waals surface area contributed by atoms with Crippen molar-refractivity contribution in [1.82, 2.24) is 10.6 Å². The van der Waals surface area contributed by atoms with E-state index >= 15 is 0 Å². The lowest BCUT2D eigenvalue weighted by Crippen LogP contribution is -2.43. The molecule has 0 saturated heterocycles. The largest absolute Gasteiger partial charge is 0.356 e. The van der Waals surface area contributed by atoms with Crippen molar-refractivity contribution in [3.8, 4) is 0 Å². The highest BCUT2D eigenvalue weighted by atomic mass is 16.2. The van der Waals surface area contributed by atoms with Crippen LogP contribution in [0.25, 0.3) is 0 Å². The highest BCUT2D eigenvalue weighted by Gasteiger charge is 2.13. The zero-order valence-corrected chi connectivity index (χ0v) is 11.2. The van der Waals surface area contributed by atoms with Gasteiger partial charge in [-0.2, -0.15) is 0 Å². The number of hydrogen-bond donors (Lipinski definition) is 3. The van der Waals surface area contributed by atoms with Gasteiger partial charge in [0, 0.05) is 19.5 Å². The molecule has 0 heterocycles. The molecule has 1 rings (SSSR count). The molecule has 5 heteroatoms. The van der Waals surface area contributed by atoms with Crippen molar-refractivity contribution in [3.63, 3.8) is 0 Å². The van der Waals surface area contributed by atoms with E-state index in [1.54, 1.807) is 0 Å². The Hall–Kier alpha value is -1.88. The predicted octanol–water partition coefficient (Wildman–Crippen LogP) is 0.199. The van der Waals surface area contributed by atoms with Crippen LogP contribution in [-0.2, 0) is 16.0 Å². The molecule has 1 aromatic rings. The fourth-order valence-electron chi connectivity index (χ4n) is 1.68. The van der Waals surface area contributed by atoms with E-state index < -0.39 is 6.04 Å². The molecule has 0 radical (unpaired) electrons. The van der Waals surface area contributed by atoms with E-state index in [1.165, 1.54) is 0 Å². The topological polar surface area (TPSA) is 84.2 Å². The molecule has 2 amide bonds. The lowest BCUT2D eigenvalue weighted by Gasteiger charge is -2.12. The number of nitrogens with one attached hydrogen (secondary N) is 2. The molecule has 0 aliphatic heterocycles. The normalized spacial score (nSPS) is 11.7. The number of nitrogens with two attached hydrogens (primary N) is 1. The van der Waals surface area contributed by atoms with E-state index in [2.05, 4.69) is 10.6 Å². The van der Waals surface area contributed by atoms with Crippen molar-refractivity contribution < 1.29 is 9.59 Å². The lowest BCUT2D eigenvalue weighted by molar-refractivity contribution is -0.123. The third-order valence-electron chi connectivity index (χ3n) is 2.66. The van der Waals surface area contributed by atoms with Crippen LogP contribution in [0.1, 0.15) is 18.9 Å². The summed E-state index contributed by atoms with van der Waals surface area (Å²) in [5.41, 5.74) is 6.83. The van der Waals surface area contributed by atoms with Crippen molar-refractivity contribution in [2.45, 2.75) is 25.8 Å². The number of carbonyl (C=O) groups excluding carboxylic acids is 2. The smallest absolute Gasteiger partial charge is 0.237 e. The van der Waals surface area contributed by atoms with Crippen LogP contribution < -0.4 is 16.4 Å². The maximum Gasteiger partial charge on any atom is 0.237 e. The summed E-state index contributed by atoms with van der Waals surface area (Å²) in [6.07, 6.45) is 0.769. The van der Waals surface area contributed by atoms with Gasteiger partial charge in [0.15, 0.2) is 0 Å². The Balaban J connectivity index is 2.27. The number of rotatable bonds is 7. The molecule has 104 valence electrons. The molecule has 19 heavy (non-hydrogen) atoms. The summed E-state index contributed by atoms with van der Waals surface area (Å²) in [5, 5.41) is 5.33. The van der Waals surface area contributed by atoms with E-state index in [9.17, 15) is 9.59 Å². The van der Waals surface area contributed by atoms with Crippen molar-refractivity contribution in [2.24, 2.45) is 5.73 Å². The van der Waals surface area contributed by atoms with E-state index in [0.717, 1.165) is 5.56 Å². The van der Waals surface area contributed by atoms with Crippen molar-refractivity contribution in [2.75, 3.05) is 13.1 Å². The zero-order chi connectivity index (χ0) is 14.1. The standard InChI is InChI=1S/C14H21N3O2/c1-2-16-13(18)8-9-17-14(19)12(15)10-11-6-4-3-5-7-11/h3-7,12H,2,8-10,15H2,1H3,(H,16,18)(H,17,19)/t12-/m1/s1. The van der Waals surface area contributed by atoms with Crippen LogP contribution >= 0.6 is 0 Å². The first-order chi connectivity index (χ1) is 9.13. The Kier molecular flexibility index (Phi) is 6.60. The third kappa shape index (κ3) is 6.01. The predicted molar refractivity (Wildman–Crippen MR) is 74.4 cm³/mol. The molecule has 0 aliphatic rings. The minimum atomic E-state index is -0.586. The van der Waals surface area contributed by atoms with Gasteiger partial charge >= 0.3 is 0 Å². The summed E-state index contributed by atoms with van der Waals surface area (Å²) in [4.78, 5) is 22.9. The number of carbonyl (C=O) groups is 2. The second kappa shape index (κ2) is 8.26. The molecule has 0 unspecified atom stereocenters. The van der Waals surface area contributed by atoms with Crippen molar-refractivity contribution >= 4 is 11.8 Å². The molecular weight excluding hydrogens is 242 g/mol.